The average Bonchev–Trinajstić information content (AvgIpc) is 3.00. The van der Waals surface area contributed by atoms with Crippen molar-refractivity contribution in [3.05, 3.63) is 60.7 Å². The number of hydrogen-bond acceptors (Lipinski definition) is 0. The summed E-state index contributed by atoms with van der Waals surface area (Å²) in [6.07, 6.45) is 13.6. The molecule has 26 heavy (non-hydrogen) atoms. The number of halogens is 2. The van der Waals surface area contributed by atoms with E-state index in [0.29, 0.717) is 0 Å². The first-order valence-corrected chi connectivity index (χ1v) is 20.8. The fourth-order valence-electron chi connectivity index (χ4n) is 2.13. The first-order valence-electron chi connectivity index (χ1n) is 7.92. The van der Waals surface area contributed by atoms with Crippen molar-refractivity contribution >= 4 is 47.8 Å². The molecule has 0 atom stereocenters. The van der Waals surface area contributed by atoms with Gasteiger partial charge in [-0.05, 0) is 0 Å². The van der Waals surface area contributed by atoms with Gasteiger partial charge >= 0.3 is 30.2 Å². The van der Waals surface area contributed by atoms with Gasteiger partial charge in [-0.2, -0.15) is 11.1 Å². The molecule has 2 aliphatic carbocycles. The summed E-state index contributed by atoms with van der Waals surface area (Å²) in [5.74, 6) is 0. The number of allylic oxidation sites excluding steroid dienone is 8. The molecule has 0 bridgehead atoms. The van der Waals surface area contributed by atoms with Crippen LogP contribution in [0.15, 0.2) is 33.7 Å². The fraction of sp³-hybridized carbons (Fsp3) is 0.500. The predicted octanol–water partition coefficient (Wildman–Crippen LogP) is 6.71. The third-order valence-electron chi connectivity index (χ3n) is 3.51. The van der Waals surface area contributed by atoms with Gasteiger partial charge in [0.2, 0.25) is 0 Å². The van der Waals surface area contributed by atoms with Crippen molar-refractivity contribution in [3.63, 3.8) is 0 Å². The summed E-state index contributed by atoms with van der Waals surface area (Å²) < 4.78 is 0. The van der Waals surface area contributed by atoms with E-state index < -0.39 is 16.1 Å². The standard InChI is InChI=1S/2C9H15Si.2CH3.2ClH.H2Si.Zr/c2*1-8-5-6-9(7-8)10(2,3)4;;;;;;/h2*7H,5H2,1-4H3;2*1H3;2*1H;1H2;/q4*-1;;;;. The van der Waals surface area contributed by atoms with E-state index in [2.05, 4.69) is 77.4 Å². The van der Waals surface area contributed by atoms with Gasteiger partial charge in [-0.25, -0.2) is 22.5 Å². The van der Waals surface area contributed by atoms with Crippen LogP contribution in [0.2, 0.25) is 39.3 Å². The van der Waals surface area contributed by atoms with Gasteiger partial charge in [0.25, 0.3) is 0 Å². The van der Waals surface area contributed by atoms with E-state index in [4.69, 9.17) is 0 Å². The Bertz CT molecular complexity index is 462. The van der Waals surface area contributed by atoms with Crippen molar-refractivity contribution in [3.8, 4) is 0 Å². The molecule has 0 aromatic rings. The Labute approximate surface area is 196 Å². The summed E-state index contributed by atoms with van der Waals surface area (Å²) >= 11 is 1.58. The summed E-state index contributed by atoms with van der Waals surface area (Å²) in [6, 6.07) is 0. The van der Waals surface area contributed by atoms with E-state index in [1.165, 1.54) is 21.5 Å². The Hall–Kier alpha value is 1.07. The average molecular weight is 527 g/mol. The maximum atomic E-state index is 3.43. The molecule has 0 saturated carbocycles. The molecule has 154 valence electrons. The first kappa shape index (κ1) is 37.8. The van der Waals surface area contributed by atoms with Crippen LogP contribution in [-0.2, 0) is 23.3 Å². The molecule has 0 aromatic carbocycles. The molecule has 2 aliphatic rings. The second-order valence-electron chi connectivity index (χ2n) is 8.02. The molecule has 0 amide bonds. The fourth-order valence-corrected chi connectivity index (χ4v) is 4.73. The molecule has 6 heteroatoms. The molecule has 0 aliphatic heterocycles. The van der Waals surface area contributed by atoms with Gasteiger partial charge in [0.05, 0.1) is 0 Å². The minimum absolute atomic E-state index is 0. The van der Waals surface area contributed by atoms with Crippen LogP contribution in [0.25, 0.3) is 0 Å². The molecular formula is C20H40Cl2Si3Zr-4. The van der Waals surface area contributed by atoms with Gasteiger partial charge in [0.15, 0.2) is 0 Å². The monoisotopic (exact) mass is 524 g/mol. The van der Waals surface area contributed by atoms with E-state index in [-0.39, 0.29) is 39.7 Å². The van der Waals surface area contributed by atoms with Gasteiger partial charge in [-0.1, -0.05) is 53.1 Å². The van der Waals surface area contributed by atoms with Crippen LogP contribution in [0, 0.1) is 27.0 Å². The summed E-state index contributed by atoms with van der Waals surface area (Å²) in [5, 5.41) is 3.01. The third kappa shape index (κ3) is 15.0. The molecule has 0 nitrogen and oxygen atoms in total. The van der Waals surface area contributed by atoms with Gasteiger partial charge in [0, 0.05) is 16.1 Å². The number of hydrogen-bond donors (Lipinski definition) is 0. The van der Waals surface area contributed by atoms with Crippen LogP contribution in [0.5, 0.6) is 0 Å². The minimum atomic E-state index is -1.04. The van der Waals surface area contributed by atoms with E-state index in [0.717, 1.165) is 12.8 Å². The summed E-state index contributed by atoms with van der Waals surface area (Å²) in [4.78, 5) is 0. The van der Waals surface area contributed by atoms with Crippen molar-refractivity contribution in [1.82, 2.24) is 0 Å². The van der Waals surface area contributed by atoms with Crippen LogP contribution >= 0.6 is 24.8 Å². The molecule has 0 unspecified atom stereocenters. The van der Waals surface area contributed by atoms with E-state index in [1.807, 2.05) is 6.88 Å². The maximum absolute atomic E-state index is 3.43. The molecular weight excluding hydrogens is 487 g/mol. The van der Waals surface area contributed by atoms with Crippen LogP contribution in [0.4, 0.5) is 0 Å². The third-order valence-corrected chi connectivity index (χ3v) is 7.39. The molecule has 0 radical (unpaired) electrons. The molecule has 0 saturated heterocycles. The first-order chi connectivity index (χ1) is 10.00. The molecule has 2 rings (SSSR count). The van der Waals surface area contributed by atoms with Gasteiger partial charge in [0.1, 0.15) is 0 Å². The van der Waals surface area contributed by atoms with Crippen LogP contribution in [-0.4, -0.2) is 23.0 Å². The second-order valence-corrected chi connectivity index (χ2v) is 18.1. The van der Waals surface area contributed by atoms with Gasteiger partial charge in [-0.15, -0.1) is 37.7 Å². The Kier molecular flexibility index (Phi) is 24.7. The van der Waals surface area contributed by atoms with Crippen molar-refractivity contribution in [2.45, 2.75) is 66.0 Å². The SMILES string of the molecule is CC1=CC([Si](C)(C)C)=[C-]C1.CC1=CC([Si](C)(C)C)=[C-]C1.Cl.Cl.[CH3-].[CH3-].[SiH2]=[Zr]. The zero-order chi connectivity index (χ0) is 17.6. The van der Waals surface area contributed by atoms with Gasteiger partial charge < -0.3 is 14.9 Å². The van der Waals surface area contributed by atoms with Crippen LogP contribution in [0.1, 0.15) is 26.7 Å². The van der Waals surface area contributed by atoms with Crippen molar-refractivity contribution < 1.29 is 23.3 Å². The molecule has 0 heterocycles. The Morgan fingerprint density at radius 1 is 0.731 bits per heavy atom. The van der Waals surface area contributed by atoms with E-state index in [1.54, 1.807) is 23.3 Å². The quantitative estimate of drug-likeness (QED) is 0.277. The molecule has 0 fully saturated rings. The topological polar surface area (TPSA) is 0 Å². The Balaban J connectivity index is -0.0000000904. The number of rotatable bonds is 2. The zero-order valence-corrected chi connectivity index (χ0v) is 26.1. The van der Waals surface area contributed by atoms with Crippen molar-refractivity contribution in [2.75, 3.05) is 0 Å². The summed E-state index contributed by atoms with van der Waals surface area (Å²) in [6.45, 7) is 20.5. The Morgan fingerprint density at radius 2 is 0.962 bits per heavy atom. The molecule has 0 aromatic heterocycles. The predicted molar refractivity (Wildman–Crippen MR) is 133 cm³/mol. The van der Waals surface area contributed by atoms with Crippen LogP contribution < -0.4 is 0 Å². The molecule has 0 N–H and O–H groups in total. The normalized spacial score (nSPS) is 14.6. The summed E-state index contributed by atoms with van der Waals surface area (Å²) in [5.41, 5.74) is 2.94. The zero-order valence-electron chi connectivity index (χ0n) is 18.6. The van der Waals surface area contributed by atoms with Crippen molar-refractivity contribution in [2.24, 2.45) is 0 Å². The molecule has 0 spiro atoms. The van der Waals surface area contributed by atoms with E-state index in [9.17, 15) is 0 Å². The Morgan fingerprint density at radius 3 is 1.04 bits per heavy atom. The summed E-state index contributed by atoms with van der Waals surface area (Å²) in [7, 11) is -2.07. The van der Waals surface area contributed by atoms with Crippen LogP contribution in [0.3, 0.4) is 0 Å². The van der Waals surface area contributed by atoms with Gasteiger partial charge in [-0.3, -0.25) is 12.2 Å². The van der Waals surface area contributed by atoms with E-state index >= 15 is 0 Å². The second kappa shape index (κ2) is 17.0. The van der Waals surface area contributed by atoms with Crippen molar-refractivity contribution in [1.29, 1.82) is 0 Å².